The van der Waals surface area contributed by atoms with E-state index in [1.54, 1.807) is 0 Å². The van der Waals surface area contributed by atoms with E-state index in [2.05, 4.69) is 15.2 Å². The Balaban J connectivity index is 0.00000200. The zero-order valence-electron chi connectivity index (χ0n) is 11.9. The fourth-order valence-corrected chi connectivity index (χ4v) is 2.38. The van der Waals surface area contributed by atoms with Gasteiger partial charge in [-0.25, -0.2) is 0 Å². The molecule has 0 saturated carbocycles. The third kappa shape index (κ3) is 6.56. The van der Waals surface area contributed by atoms with Crippen LogP contribution in [0.4, 0.5) is 5.69 Å². The van der Waals surface area contributed by atoms with Gasteiger partial charge in [0.2, 0.25) is 0 Å². The van der Waals surface area contributed by atoms with Crippen LogP contribution in [0.5, 0.6) is 0 Å². The van der Waals surface area contributed by atoms with E-state index in [0.29, 0.717) is 5.96 Å². The first-order chi connectivity index (χ1) is 9.34. The maximum atomic E-state index is 5.87. The molecule has 1 aliphatic rings. The number of likely N-dealkylation sites (tertiary alicyclic amines) is 1. The van der Waals surface area contributed by atoms with Crippen molar-refractivity contribution < 1.29 is 0 Å². The Labute approximate surface area is 138 Å². The quantitative estimate of drug-likeness (QED) is 0.474. The van der Waals surface area contributed by atoms with Crippen molar-refractivity contribution in [3.05, 3.63) is 30.3 Å². The minimum Gasteiger partial charge on any atom is -0.370 e. The van der Waals surface area contributed by atoms with Gasteiger partial charge in [-0.05, 0) is 38.1 Å². The fraction of sp³-hybridized carbons (Fsp3) is 0.533. The molecule has 1 aromatic carbocycles. The van der Waals surface area contributed by atoms with Crippen molar-refractivity contribution in [1.82, 2.24) is 4.90 Å². The molecular formula is C15H25IN4. The maximum absolute atomic E-state index is 5.87. The molecule has 0 spiro atoms. The standard InChI is InChI=1S/C15H24N4.HI/c16-15(18-14-8-4-3-5-9-14)17-10-13-19-11-6-1-2-7-12-19;/h3-5,8-9H,1-2,6-7,10-13H2,(H3,16,17,18);1H. The van der Waals surface area contributed by atoms with Gasteiger partial charge in [-0.3, -0.25) is 4.99 Å². The van der Waals surface area contributed by atoms with Crippen molar-refractivity contribution in [3.63, 3.8) is 0 Å². The highest BCUT2D eigenvalue weighted by Crippen LogP contribution is 2.09. The van der Waals surface area contributed by atoms with Gasteiger partial charge < -0.3 is 16.0 Å². The van der Waals surface area contributed by atoms with E-state index in [9.17, 15) is 0 Å². The number of guanidine groups is 1. The Morgan fingerprint density at radius 3 is 2.40 bits per heavy atom. The minimum atomic E-state index is 0. The lowest BCUT2D eigenvalue weighted by Crippen LogP contribution is -2.29. The van der Waals surface area contributed by atoms with Gasteiger partial charge in [-0.1, -0.05) is 31.0 Å². The molecule has 1 aliphatic heterocycles. The number of para-hydroxylation sites is 1. The van der Waals surface area contributed by atoms with Gasteiger partial charge in [-0.15, -0.1) is 24.0 Å². The fourth-order valence-electron chi connectivity index (χ4n) is 2.38. The van der Waals surface area contributed by atoms with Crippen molar-refractivity contribution in [1.29, 1.82) is 0 Å². The predicted octanol–water partition coefficient (Wildman–Crippen LogP) is 2.91. The zero-order chi connectivity index (χ0) is 13.3. The summed E-state index contributed by atoms with van der Waals surface area (Å²) in [5, 5.41) is 3.10. The molecular weight excluding hydrogens is 363 g/mol. The molecule has 0 radical (unpaired) electrons. The molecule has 2 rings (SSSR count). The summed E-state index contributed by atoms with van der Waals surface area (Å²) in [6.07, 6.45) is 5.39. The number of rotatable bonds is 4. The number of hydrogen-bond donors (Lipinski definition) is 2. The van der Waals surface area contributed by atoms with Gasteiger partial charge in [0.15, 0.2) is 5.96 Å². The second-order valence-corrected chi connectivity index (χ2v) is 5.01. The third-order valence-corrected chi connectivity index (χ3v) is 3.44. The van der Waals surface area contributed by atoms with Gasteiger partial charge in [0.25, 0.3) is 0 Å². The van der Waals surface area contributed by atoms with Crippen molar-refractivity contribution >= 4 is 35.6 Å². The highest BCUT2D eigenvalue weighted by atomic mass is 127. The molecule has 3 N–H and O–H groups in total. The smallest absolute Gasteiger partial charge is 0.193 e. The second-order valence-electron chi connectivity index (χ2n) is 5.01. The van der Waals surface area contributed by atoms with Gasteiger partial charge >= 0.3 is 0 Å². The average Bonchev–Trinajstić information content (AvgIpc) is 2.68. The summed E-state index contributed by atoms with van der Waals surface area (Å²) in [6, 6.07) is 9.91. The van der Waals surface area contributed by atoms with Crippen LogP contribution in [0.1, 0.15) is 25.7 Å². The summed E-state index contributed by atoms with van der Waals surface area (Å²) in [5.41, 5.74) is 6.86. The second kappa shape index (κ2) is 9.99. The molecule has 4 nitrogen and oxygen atoms in total. The molecule has 1 heterocycles. The maximum Gasteiger partial charge on any atom is 0.193 e. The molecule has 1 aromatic rings. The molecule has 0 bridgehead atoms. The SMILES string of the molecule is I.NC(=NCCN1CCCCCC1)Nc1ccccc1. The minimum absolute atomic E-state index is 0. The first-order valence-corrected chi connectivity index (χ1v) is 7.19. The van der Waals surface area contributed by atoms with Crippen LogP contribution in [0.15, 0.2) is 35.3 Å². The summed E-state index contributed by atoms with van der Waals surface area (Å²) in [4.78, 5) is 6.88. The normalized spacial score (nSPS) is 17.1. The zero-order valence-corrected chi connectivity index (χ0v) is 14.3. The number of nitrogens with one attached hydrogen (secondary N) is 1. The molecule has 0 aliphatic carbocycles. The number of hydrogen-bond acceptors (Lipinski definition) is 2. The molecule has 0 unspecified atom stereocenters. The predicted molar refractivity (Wildman–Crippen MR) is 96.9 cm³/mol. The van der Waals surface area contributed by atoms with Crippen LogP contribution in [-0.4, -0.2) is 37.0 Å². The van der Waals surface area contributed by atoms with Crippen molar-refractivity contribution in [3.8, 4) is 0 Å². The van der Waals surface area contributed by atoms with Crippen molar-refractivity contribution in [2.45, 2.75) is 25.7 Å². The van der Waals surface area contributed by atoms with E-state index in [1.807, 2.05) is 30.3 Å². The van der Waals surface area contributed by atoms with Crippen LogP contribution in [0.2, 0.25) is 0 Å². The van der Waals surface area contributed by atoms with E-state index in [-0.39, 0.29) is 24.0 Å². The van der Waals surface area contributed by atoms with E-state index >= 15 is 0 Å². The van der Waals surface area contributed by atoms with Crippen LogP contribution < -0.4 is 11.1 Å². The highest BCUT2D eigenvalue weighted by Gasteiger charge is 2.07. The number of halogens is 1. The van der Waals surface area contributed by atoms with Crippen LogP contribution in [-0.2, 0) is 0 Å². The van der Waals surface area contributed by atoms with Crippen LogP contribution >= 0.6 is 24.0 Å². The van der Waals surface area contributed by atoms with Crippen LogP contribution in [0.25, 0.3) is 0 Å². The topological polar surface area (TPSA) is 53.6 Å². The van der Waals surface area contributed by atoms with E-state index in [4.69, 9.17) is 5.73 Å². The van der Waals surface area contributed by atoms with E-state index in [0.717, 1.165) is 18.8 Å². The number of anilines is 1. The molecule has 5 heteroatoms. The molecule has 0 amide bonds. The largest absolute Gasteiger partial charge is 0.370 e. The number of nitrogens with zero attached hydrogens (tertiary/aromatic N) is 2. The summed E-state index contributed by atoms with van der Waals surface area (Å²) >= 11 is 0. The lowest BCUT2D eigenvalue weighted by molar-refractivity contribution is 0.293. The third-order valence-electron chi connectivity index (χ3n) is 3.44. The first kappa shape index (κ1) is 17.2. The summed E-state index contributed by atoms with van der Waals surface area (Å²) in [6.45, 7) is 4.20. The van der Waals surface area contributed by atoms with Crippen molar-refractivity contribution in [2.24, 2.45) is 10.7 Å². The number of aliphatic imine (C=N–C) groups is 1. The Bertz CT molecular complexity index is 386. The monoisotopic (exact) mass is 388 g/mol. The average molecular weight is 388 g/mol. The summed E-state index contributed by atoms with van der Waals surface area (Å²) in [7, 11) is 0. The van der Waals surface area contributed by atoms with Gasteiger partial charge in [0.1, 0.15) is 0 Å². The molecule has 0 aromatic heterocycles. The van der Waals surface area contributed by atoms with E-state index in [1.165, 1.54) is 38.8 Å². The molecule has 1 saturated heterocycles. The van der Waals surface area contributed by atoms with Gasteiger partial charge in [-0.2, -0.15) is 0 Å². The number of nitrogens with two attached hydrogens (primary N) is 1. The Morgan fingerprint density at radius 1 is 1.10 bits per heavy atom. The van der Waals surface area contributed by atoms with Gasteiger partial charge in [0, 0.05) is 12.2 Å². The van der Waals surface area contributed by atoms with E-state index < -0.39 is 0 Å². The Hall–Kier alpha value is -0.820. The first-order valence-electron chi connectivity index (χ1n) is 7.19. The molecule has 0 atom stereocenters. The molecule has 112 valence electrons. The van der Waals surface area contributed by atoms with Crippen LogP contribution in [0.3, 0.4) is 0 Å². The lowest BCUT2D eigenvalue weighted by Gasteiger charge is -2.18. The summed E-state index contributed by atoms with van der Waals surface area (Å²) in [5.74, 6) is 0.501. The Morgan fingerprint density at radius 2 is 1.75 bits per heavy atom. The number of benzene rings is 1. The highest BCUT2D eigenvalue weighted by molar-refractivity contribution is 14.0. The van der Waals surface area contributed by atoms with Crippen molar-refractivity contribution in [2.75, 3.05) is 31.5 Å². The molecule has 20 heavy (non-hydrogen) atoms. The van der Waals surface area contributed by atoms with Crippen LogP contribution in [0, 0.1) is 0 Å². The lowest BCUT2D eigenvalue weighted by atomic mass is 10.2. The van der Waals surface area contributed by atoms with Gasteiger partial charge in [0.05, 0.1) is 6.54 Å². The summed E-state index contributed by atoms with van der Waals surface area (Å²) < 4.78 is 0. The Kier molecular flexibility index (Phi) is 8.60. The molecule has 1 fully saturated rings.